The number of carbonyl (C=O) groups is 5. The zero-order chi connectivity index (χ0) is 37.7. The van der Waals surface area contributed by atoms with Gasteiger partial charge in [-0.05, 0) is 54.0 Å². The first-order valence-electron chi connectivity index (χ1n) is 16.6. The monoisotopic (exact) mass is 785 g/mol. The molecular formula is C36H41N3Na2O12S. The Morgan fingerprint density at radius 3 is 2.26 bits per heavy atom. The van der Waals surface area contributed by atoms with E-state index in [0.29, 0.717) is 12.0 Å². The van der Waals surface area contributed by atoms with Crippen LogP contribution >= 0.6 is 11.3 Å². The van der Waals surface area contributed by atoms with Gasteiger partial charge in [0.15, 0.2) is 0 Å². The molecule has 0 unspecified atom stereocenters. The van der Waals surface area contributed by atoms with Crippen LogP contribution in [0.1, 0.15) is 54.9 Å². The van der Waals surface area contributed by atoms with Crippen molar-refractivity contribution >= 4 is 41.2 Å². The molecule has 0 saturated carbocycles. The number of carbonyl (C=O) groups excluding carboxylic acids is 5. The maximum absolute atomic E-state index is 13.0. The van der Waals surface area contributed by atoms with E-state index < -0.39 is 79.0 Å². The maximum Gasteiger partial charge on any atom is 1.00 e. The van der Waals surface area contributed by atoms with Crippen LogP contribution in [-0.4, -0.2) is 89.4 Å². The fourth-order valence-electron chi connectivity index (χ4n) is 5.68. The molecule has 0 bridgehead atoms. The van der Waals surface area contributed by atoms with E-state index in [4.69, 9.17) is 14.2 Å². The van der Waals surface area contributed by atoms with E-state index in [1.54, 1.807) is 54.6 Å². The molecule has 2 aromatic carbocycles. The number of carboxylic acids is 2. The van der Waals surface area contributed by atoms with Crippen molar-refractivity contribution in [2.75, 3.05) is 13.2 Å². The Kier molecular flexibility index (Phi) is 20.4. The van der Waals surface area contributed by atoms with E-state index in [1.807, 2.05) is 17.5 Å². The number of aliphatic hydroxyl groups is 2. The number of benzene rings is 2. The predicted molar refractivity (Wildman–Crippen MR) is 182 cm³/mol. The molecular weight excluding hydrogens is 744 g/mol. The van der Waals surface area contributed by atoms with Gasteiger partial charge in [0.05, 0.1) is 24.8 Å². The summed E-state index contributed by atoms with van der Waals surface area (Å²) in [6.45, 7) is 0.228. The van der Waals surface area contributed by atoms with Gasteiger partial charge in [-0.1, -0.05) is 55.0 Å². The Bertz CT molecular complexity index is 1650. The van der Waals surface area contributed by atoms with Gasteiger partial charge in [0.1, 0.15) is 24.8 Å². The van der Waals surface area contributed by atoms with Crippen molar-refractivity contribution in [1.29, 1.82) is 0 Å². The molecule has 1 aliphatic rings. The quantitative estimate of drug-likeness (QED) is 0.0600. The molecule has 4 rings (SSSR count). The zero-order valence-electron chi connectivity index (χ0n) is 30.4. The summed E-state index contributed by atoms with van der Waals surface area (Å²) in [6, 6.07) is 16.6. The topological polar surface area (TPSA) is 236 Å². The van der Waals surface area contributed by atoms with Crippen molar-refractivity contribution in [3.63, 3.8) is 0 Å². The van der Waals surface area contributed by atoms with Crippen molar-refractivity contribution in [2.24, 2.45) is 0 Å². The van der Waals surface area contributed by atoms with Gasteiger partial charge in [0.25, 0.3) is 5.91 Å². The van der Waals surface area contributed by atoms with Crippen molar-refractivity contribution in [2.45, 2.75) is 81.8 Å². The third-order valence-corrected chi connectivity index (χ3v) is 9.23. The SMILES string of the molecule is CC(=O)N[C@H]1[C@H]([C@H](O)[C@H](O)CNC(=O)c2ccc(-c3cccs3)cc2)O[C@@](OCCCCCC(=O)[O-])(C(=O)[O-])C[C@@H]1NC(=O)OCc1ccccc1.[Na+].[Na+]. The molecule has 18 heteroatoms. The Balaban J connectivity index is 0.00000504. The Morgan fingerprint density at radius 1 is 0.944 bits per heavy atom. The molecule has 0 aliphatic carbocycles. The van der Waals surface area contributed by atoms with Crippen molar-refractivity contribution in [3.8, 4) is 10.4 Å². The van der Waals surface area contributed by atoms with E-state index >= 15 is 0 Å². The van der Waals surface area contributed by atoms with E-state index in [9.17, 15) is 44.4 Å². The molecule has 280 valence electrons. The number of carboxylic acid groups (broad SMARTS) is 2. The minimum atomic E-state index is -2.61. The molecule has 3 amide bonds. The summed E-state index contributed by atoms with van der Waals surface area (Å²) in [5.41, 5.74) is 1.84. The van der Waals surface area contributed by atoms with Crippen LogP contribution < -0.4 is 85.3 Å². The van der Waals surface area contributed by atoms with Gasteiger partial charge in [0.2, 0.25) is 11.7 Å². The first kappa shape index (κ1) is 47.3. The summed E-state index contributed by atoms with van der Waals surface area (Å²) < 4.78 is 16.8. The second-order valence-electron chi connectivity index (χ2n) is 12.2. The first-order valence-corrected chi connectivity index (χ1v) is 17.5. The molecule has 5 N–H and O–H groups in total. The van der Waals surface area contributed by atoms with Crippen LogP contribution in [0.4, 0.5) is 4.79 Å². The fraction of sp³-hybridized carbons (Fsp3) is 0.417. The number of unbranched alkanes of at least 4 members (excludes halogenated alkanes) is 2. The van der Waals surface area contributed by atoms with E-state index in [0.717, 1.165) is 17.4 Å². The normalized spacial score (nSPS) is 20.2. The van der Waals surface area contributed by atoms with Gasteiger partial charge < -0.3 is 60.2 Å². The van der Waals surface area contributed by atoms with Crippen LogP contribution in [0, 0.1) is 0 Å². The summed E-state index contributed by atoms with van der Waals surface area (Å²) in [4.78, 5) is 62.7. The summed E-state index contributed by atoms with van der Waals surface area (Å²) in [7, 11) is 0. The number of amides is 3. The largest absolute Gasteiger partial charge is 1.00 e. The van der Waals surface area contributed by atoms with Crippen LogP contribution in [-0.2, 0) is 35.2 Å². The number of hydrogen-bond acceptors (Lipinski definition) is 13. The first-order chi connectivity index (χ1) is 24.9. The second-order valence-corrected chi connectivity index (χ2v) is 13.2. The molecule has 3 aromatic rings. The average molecular weight is 786 g/mol. The number of ether oxygens (including phenoxy) is 3. The smallest absolute Gasteiger partial charge is 0.550 e. The van der Waals surface area contributed by atoms with Gasteiger partial charge in [-0.25, -0.2) is 4.79 Å². The van der Waals surface area contributed by atoms with Crippen LogP contribution in [0.15, 0.2) is 72.1 Å². The van der Waals surface area contributed by atoms with Crippen LogP contribution in [0.5, 0.6) is 0 Å². The average Bonchev–Trinajstić information content (AvgIpc) is 3.67. The molecule has 1 aliphatic heterocycles. The Hall–Kier alpha value is -2.87. The van der Waals surface area contributed by atoms with Gasteiger partial charge in [-0.2, -0.15) is 0 Å². The fourth-order valence-corrected chi connectivity index (χ4v) is 6.41. The standard InChI is InChI=1S/C36H43N3O12S.2Na/c1-22(40)38-30-26(39-35(48)49-21-23-9-4-2-5-10-23)19-36(34(46)47,50-17-7-3-6-12-29(42)43)51-32(30)31(44)27(41)20-37-33(45)25-15-13-24(14-16-25)28-11-8-18-52-28;;/h2,4-5,8-11,13-16,18,26-27,30-32,41,44H,3,6-7,12,17,19-21H2,1H3,(H,37,45)(H,38,40)(H,39,48)(H,42,43)(H,46,47);;/q;2*+1/p-2/t26-,27+,30+,31+,32+,36+;;/m0../s1. The summed E-state index contributed by atoms with van der Waals surface area (Å²) in [6.07, 6.45) is -6.54. The van der Waals surface area contributed by atoms with Crippen LogP contribution in [0.2, 0.25) is 0 Å². The van der Waals surface area contributed by atoms with Crippen LogP contribution in [0.3, 0.4) is 0 Å². The molecule has 1 saturated heterocycles. The van der Waals surface area contributed by atoms with Crippen molar-refractivity contribution < 1.29 is 118 Å². The summed E-state index contributed by atoms with van der Waals surface area (Å²) in [5, 5.41) is 55.4. The minimum absolute atomic E-state index is 0. The Morgan fingerprint density at radius 2 is 1.65 bits per heavy atom. The summed E-state index contributed by atoms with van der Waals surface area (Å²) in [5.74, 6) is -6.94. The maximum atomic E-state index is 13.0. The molecule has 54 heavy (non-hydrogen) atoms. The molecule has 2 heterocycles. The van der Waals surface area contributed by atoms with Crippen molar-refractivity contribution in [3.05, 3.63) is 83.2 Å². The molecule has 1 aromatic heterocycles. The molecule has 6 atom stereocenters. The number of nitrogens with one attached hydrogen (secondary N) is 3. The number of rotatable bonds is 18. The van der Waals surface area contributed by atoms with Gasteiger partial charge in [-0.15, -0.1) is 11.3 Å². The molecule has 15 nitrogen and oxygen atoms in total. The number of thiophene rings is 1. The Labute approximate surface area is 360 Å². The van der Waals surface area contributed by atoms with Gasteiger partial charge in [-0.3, -0.25) is 9.59 Å². The van der Waals surface area contributed by atoms with Gasteiger partial charge >= 0.3 is 65.2 Å². The van der Waals surface area contributed by atoms with Crippen molar-refractivity contribution in [1.82, 2.24) is 16.0 Å². The summed E-state index contributed by atoms with van der Waals surface area (Å²) >= 11 is 1.54. The second kappa shape index (κ2) is 23.3. The number of aliphatic carboxylic acids is 2. The zero-order valence-corrected chi connectivity index (χ0v) is 35.2. The number of alkyl carbamates (subject to hydrolysis) is 1. The van der Waals surface area contributed by atoms with E-state index in [1.165, 1.54) is 11.3 Å². The third-order valence-electron chi connectivity index (χ3n) is 8.32. The van der Waals surface area contributed by atoms with Gasteiger partial charge in [0, 0.05) is 36.3 Å². The molecule has 0 radical (unpaired) electrons. The van der Waals surface area contributed by atoms with Crippen LogP contribution in [0.25, 0.3) is 10.4 Å². The minimum Gasteiger partial charge on any atom is -0.550 e. The number of aliphatic hydroxyl groups excluding tert-OH is 2. The third kappa shape index (κ3) is 14.0. The molecule has 0 spiro atoms. The molecule has 1 fully saturated rings. The number of hydrogen-bond donors (Lipinski definition) is 5. The van der Waals surface area contributed by atoms with E-state index in [2.05, 4.69) is 16.0 Å². The predicted octanol–water partition coefficient (Wildman–Crippen LogP) is -5.76. The van der Waals surface area contributed by atoms with E-state index in [-0.39, 0.29) is 97.2 Å².